The van der Waals surface area contributed by atoms with Crippen molar-refractivity contribution in [3.63, 3.8) is 0 Å². The van der Waals surface area contributed by atoms with Crippen molar-refractivity contribution >= 4 is 23.0 Å². The normalized spacial score (nSPS) is 17.8. The van der Waals surface area contributed by atoms with Crippen LogP contribution in [0.4, 0.5) is 10.1 Å². The molecule has 0 bridgehead atoms. The fourth-order valence-electron chi connectivity index (χ4n) is 4.34. The van der Waals surface area contributed by atoms with E-state index >= 15 is 0 Å². The summed E-state index contributed by atoms with van der Waals surface area (Å²) in [6.45, 7) is 1.76. The number of ether oxygens (including phenoxy) is 1. The van der Waals surface area contributed by atoms with Gasteiger partial charge in [0.15, 0.2) is 5.11 Å². The molecule has 1 N–H and O–H groups in total. The first kappa shape index (κ1) is 21.2. The van der Waals surface area contributed by atoms with Crippen molar-refractivity contribution in [1.82, 2.24) is 14.9 Å². The number of anilines is 1. The van der Waals surface area contributed by atoms with Crippen LogP contribution in [0.2, 0.25) is 0 Å². The van der Waals surface area contributed by atoms with Crippen LogP contribution >= 0.6 is 12.2 Å². The Morgan fingerprint density at radius 3 is 2.64 bits per heavy atom. The molecule has 5 rings (SSSR count). The van der Waals surface area contributed by atoms with Crippen LogP contribution in [0.5, 0.6) is 5.75 Å². The molecule has 1 saturated heterocycles. The van der Waals surface area contributed by atoms with Crippen molar-refractivity contribution < 1.29 is 9.13 Å². The second-order valence-corrected chi connectivity index (χ2v) is 8.32. The molecule has 4 aromatic rings. The minimum absolute atomic E-state index is 0.191. The first-order chi connectivity index (χ1) is 16.1. The van der Waals surface area contributed by atoms with Crippen molar-refractivity contribution in [2.75, 3.05) is 12.0 Å². The van der Waals surface area contributed by atoms with Crippen LogP contribution in [0.15, 0.2) is 85.2 Å². The lowest BCUT2D eigenvalue weighted by Crippen LogP contribution is -2.30. The lowest BCUT2D eigenvalue weighted by molar-refractivity contribution is 0.414. The monoisotopic (exact) mass is 458 g/mol. The van der Waals surface area contributed by atoms with Crippen LogP contribution in [0, 0.1) is 12.7 Å². The van der Waals surface area contributed by atoms with E-state index < -0.39 is 0 Å². The summed E-state index contributed by atoms with van der Waals surface area (Å²) >= 11 is 5.79. The number of benzene rings is 2. The van der Waals surface area contributed by atoms with Crippen LogP contribution in [0.3, 0.4) is 0 Å². The zero-order valence-corrected chi connectivity index (χ0v) is 19.1. The largest absolute Gasteiger partial charge is 0.497 e. The molecule has 33 heavy (non-hydrogen) atoms. The molecule has 0 unspecified atom stereocenters. The molecular formula is C26H23FN4OS. The standard InChI is InChI=1S/C26H23FN4OS/c1-17-15-19(11-12-21(17)27)31-25(24(29-26(31)33)22-9-3-4-13-28-22)23-10-6-14-30(23)18-7-5-8-20(16-18)32-2/h3-16,24-25H,1-2H3,(H,29,33)/t24-,25-/m0/s1. The Hall–Kier alpha value is -3.71. The third kappa shape index (κ3) is 3.85. The Morgan fingerprint density at radius 2 is 1.88 bits per heavy atom. The van der Waals surface area contributed by atoms with E-state index in [9.17, 15) is 4.39 Å². The van der Waals surface area contributed by atoms with Gasteiger partial charge < -0.3 is 19.5 Å². The van der Waals surface area contributed by atoms with E-state index in [1.807, 2.05) is 65.7 Å². The van der Waals surface area contributed by atoms with Gasteiger partial charge in [-0.05, 0) is 79.3 Å². The van der Waals surface area contributed by atoms with Crippen molar-refractivity contribution in [2.24, 2.45) is 0 Å². The van der Waals surface area contributed by atoms with Crippen molar-refractivity contribution in [3.8, 4) is 11.4 Å². The molecule has 1 aliphatic heterocycles. The van der Waals surface area contributed by atoms with Gasteiger partial charge in [-0.3, -0.25) is 4.98 Å². The molecule has 1 fully saturated rings. The highest BCUT2D eigenvalue weighted by Gasteiger charge is 2.42. The number of halogens is 1. The Kier molecular flexibility index (Phi) is 5.56. The number of hydrogen-bond donors (Lipinski definition) is 1. The van der Waals surface area contributed by atoms with E-state index in [2.05, 4.69) is 20.9 Å². The van der Waals surface area contributed by atoms with Gasteiger partial charge >= 0.3 is 0 Å². The summed E-state index contributed by atoms with van der Waals surface area (Å²) in [5.41, 5.74) is 4.27. The van der Waals surface area contributed by atoms with E-state index in [4.69, 9.17) is 17.0 Å². The maximum absolute atomic E-state index is 14.1. The van der Waals surface area contributed by atoms with Gasteiger partial charge in [0, 0.05) is 35.5 Å². The molecule has 166 valence electrons. The number of nitrogens with one attached hydrogen (secondary N) is 1. The molecule has 0 saturated carbocycles. The maximum Gasteiger partial charge on any atom is 0.174 e. The SMILES string of the molecule is COc1cccc(-n2cccc2[C@H]2[C@H](c3ccccn3)NC(=S)N2c2ccc(F)c(C)c2)c1. The molecule has 2 aromatic heterocycles. The average Bonchev–Trinajstić information content (AvgIpc) is 3.46. The topological polar surface area (TPSA) is 42.3 Å². The smallest absolute Gasteiger partial charge is 0.174 e. The van der Waals surface area contributed by atoms with Gasteiger partial charge in [0.1, 0.15) is 17.6 Å². The van der Waals surface area contributed by atoms with Crippen molar-refractivity contribution in [2.45, 2.75) is 19.0 Å². The van der Waals surface area contributed by atoms with Gasteiger partial charge in [-0.2, -0.15) is 0 Å². The van der Waals surface area contributed by atoms with E-state index in [1.165, 1.54) is 6.07 Å². The number of methoxy groups -OCH3 is 1. The summed E-state index contributed by atoms with van der Waals surface area (Å²) in [5.74, 6) is 0.536. The molecular weight excluding hydrogens is 435 g/mol. The zero-order chi connectivity index (χ0) is 22.9. The number of nitrogens with zero attached hydrogens (tertiary/aromatic N) is 3. The van der Waals surface area contributed by atoms with E-state index in [0.29, 0.717) is 10.7 Å². The van der Waals surface area contributed by atoms with Gasteiger partial charge in [-0.25, -0.2) is 4.39 Å². The Bertz CT molecular complexity index is 1310. The Morgan fingerprint density at radius 1 is 1.00 bits per heavy atom. The first-order valence-electron chi connectivity index (χ1n) is 10.7. The molecule has 0 radical (unpaired) electrons. The maximum atomic E-state index is 14.1. The summed E-state index contributed by atoms with van der Waals surface area (Å²) in [6, 6.07) is 22.5. The highest BCUT2D eigenvalue weighted by atomic mass is 32.1. The number of thiocarbonyl (C=S) groups is 1. The van der Waals surface area contributed by atoms with Gasteiger partial charge in [0.2, 0.25) is 0 Å². The quantitative estimate of drug-likeness (QED) is 0.400. The van der Waals surface area contributed by atoms with Gasteiger partial charge in [0.25, 0.3) is 0 Å². The number of aromatic nitrogens is 2. The van der Waals surface area contributed by atoms with Gasteiger partial charge in [-0.1, -0.05) is 12.1 Å². The lowest BCUT2D eigenvalue weighted by Gasteiger charge is -2.29. The molecule has 5 nitrogen and oxygen atoms in total. The molecule has 2 atom stereocenters. The van der Waals surface area contributed by atoms with Crippen LogP contribution in [0.1, 0.15) is 29.0 Å². The number of hydrogen-bond acceptors (Lipinski definition) is 3. The third-order valence-corrected chi connectivity index (χ3v) is 6.25. The molecule has 1 aliphatic rings. The fourth-order valence-corrected chi connectivity index (χ4v) is 4.69. The van der Waals surface area contributed by atoms with Crippen LogP contribution in [0.25, 0.3) is 5.69 Å². The molecule has 0 spiro atoms. The second-order valence-electron chi connectivity index (χ2n) is 7.93. The highest BCUT2D eigenvalue weighted by Crippen LogP contribution is 2.42. The summed E-state index contributed by atoms with van der Waals surface area (Å²) in [6.07, 6.45) is 3.80. The molecule has 0 amide bonds. The Balaban J connectivity index is 1.67. The first-order valence-corrected chi connectivity index (χ1v) is 11.1. The van der Waals surface area contributed by atoms with Gasteiger partial charge in [-0.15, -0.1) is 0 Å². The predicted octanol–water partition coefficient (Wildman–Crippen LogP) is 5.51. The molecule has 3 heterocycles. The summed E-state index contributed by atoms with van der Waals surface area (Å²) < 4.78 is 21.6. The minimum Gasteiger partial charge on any atom is -0.497 e. The molecule has 7 heteroatoms. The number of aryl methyl sites for hydroxylation is 1. The Labute approximate surface area is 197 Å². The fraction of sp³-hybridized carbons (Fsp3) is 0.154. The molecule has 2 aromatic carbocycles. The number of pyridine rings is 1. The van der Waals surface area contributed by atoms with Gasteiger partial charge in [0.05, 0.1) is 18.8 Å². The number of rotatable bonds is 5. The van der Waals surface area contributed by atoms with Crippen LogP contribution < -0.4 is 15.0 Å². The molecule has 0 aliphatic carbocycles. The summed E-state index contributed by atoms with van der Waals surface area (Å²) in [5, 5.41) is 4.03. The minimum atomic E-state index is -0.241. The average molecular weight is 459 g/mol. The van der Waals surface area contributed by atoms with Crippen molar-refractivity contribution in [3.05, 3.63) is 108 Å². The van der Waals surface area contributed by atoms with Crippen LogP contribution in [-0.2, 0) is 0 Å². The summed E-state index contributed by atoms with van der Waals surface area (Å²) in [7, 11) is 1.66. The van der Waals surface area contributed by atoms with E-state index in [0.717, 1.165) is 28.5 Å². The lowest BCUT2D eigenvalue weighted by atomic mass is 10.0. The van der Waals surface area contributed by atoms with Crippen molar-refractivity contribution in [1.29, 1.82) is 0 Å². The third-order valence-electron chi connectivity index (χ3n) is 5.93. The van der Waals surface area contributed by atoms with Crippen LogP contribution in [-0.4, -0.2) is 21.8 Å². The zero-order valence-electron chi connectivity index (χ0n) is 18.3. The van der Waals surface area contributed by atoms with E-state index in [1.54, 1.807) is 26.3 Å². The second kappa shape index (κ2) is 8.67. The summed E-state index contributed by atoms with van der Waals surface area (Å²) in [4.78, 5) is 6.66. The predicted molar refractivity (Wildman–Crippen MR) is 131 cm³/mol. The van der Waals surface area contributed by atoms with E-state index in [-0.39, 0.29) is 17.9 Å². The highest BCUT2D eigenvalue weighted by molar-refractivity contribution is 7.80.